The van der Waals surface area contributed by atoms with Gasteiger partial charge >= 0.3 is 0 Å². The van der Waals surface area contributed by atoms with Gasteiger partial charge in [-0.05, 0) is 42.5 Å². The number of aromatic nitrogens is 4. The van der Waals surface area contributed by atoms with E-state index in [1.165, 1.54) is 12.8 Å². The minimum Gasteiger partial charge on any atom is -0.376 e. The molecule has 1 saturated heterocycles. The van der Waals surface area contributed by atoms with Crippen LogP contribution < -0.4 is 5.73 Å². The summed E-state index contributed by atoms with van der Waals surface area (Å²) in [6, 6.07) is 0.152. The van der Waals surface area contributed by atoms with Gasteiger partial charge < -0.3 is 10.5 Å². The second kappa shape index (κ2) is 3.78. The van der Waals surface area contributed by atoms with Crippen molar-refractivity contribution in [1.82, 2.24) is 20.2 Å². The van der Waals surface area contributed by atoms with E-state index in [9.17, 15) is 0 Å². The summed E-state index contributed by atoms with van der Waals surface area (Å²) in [4.78, 5) is 0. The monoisotopic (exact) mass is 223 g/mol. The summed E-state index contributed by atoms with van der Waals surface area (Å²) < 4.78 is 7.67. The molecule has 0 radical (unpaired) electrons. The molecule has 2 fully saturated rings. The predicted octanol–water partition coefficient (Wildman–Crippen LogP) is 0.433. The van der Waals surface area contributed by atoms with Gasteiger partial charge in [-0.3, -0.25) is 0 Å². The molecular formula is C10H17N5O. The minimum absolute atomic E-state index is 0.129. The molecule has 88 valence electrons. The standard InChI is InChI=1S/C10H17N5O/c1-6(11)10-12-13-14-15(10)8-4-5-16-9(8)7-2-3-7/h6-9H,2-5,11H2,1H3. The first-order valence-electron chi connectivity index (χ1n) is 5.92. The van der Waals surface area contributed by atoms with E-state index in [1.54, 1.807) is 0 Å². The Balaban J connectivity index is 1.87. The number of nitrogens with zero attached hydrogens (tertiary/aromatic N) is 4. The maximum absolute atomic E-state index is 5.86. The van der Waals surface area contributed by atoms with E-state index in [4.69, 9.17) is 10.5 Å². The third kappa shape index (κ3) is 1.62. The second-order valence-corrected chi connectivity index (χ2v) is 4.80. The molecule has 0 amide bonds. The smallest absolute Gasteiger partial charge is 0.168 e. The fraction of sp³-hybridized carbons (Fsp3) is 0.900. The van der Waals surface area contributed by atoms with Gasteiger partial charge in [0.15, 0.2) is 5.82 Å². The fourth-order valence-corrected chi connectivity index (χ4v) is 2.47. The summed E-state index contributed by atoms with van der Waals surface area (Å²) in [5.41, 5.74) is 5.86. The first kappa shape index (κ1) is 10.2. The molecule has 2 aliphatic rings. The predicted molar refractivity (Wildman–Crippen MR) is 56.5 cm³/mol. The van der Waals surface area contributed by atoms with Crippen LogP contribution in [0.4, 0.5) is 0 Å². The summed E-state index contributed by atoms with van der Waals surface area (Å²) in [6.07, 6.45) is 3.83. The Morgan fingerprint density at radius 3 is 2.94 bits per heavy atom. The molecule has 0 aromatic carbocycles. The van der Waals surface area contributed by atoms with Crippen molar-refractivity contribution >= 4 is 0 Å². The van der Waals surface area contributed by atoms with E-state index in [0.29, 0.717) is 12.0 Å². The molecule has 6 nitrogen and oxygen atoms in total. The van der Waals surface area contributed by atoms with Crippen LogP contribution in [-0.4, -0.2) is 32.9 Å². The van der Waals surface area contributed by atoms with Gasteiger partial charge in [-0.1, -0.05) is 0 Å². The summed E-state index contributed by atoms with van der Waals surface area (Å²) >= 11 is 0. The molecule has 3 atom stereocenters. The number of nitrogens with two attached hydrogens (primary N) is 1. The van der Waals surface area contributed by atoms with Gasteiger partial charge in [0.25, 0.3) is 0 Å². The highest BCUT2D eigenvalue weighted by atomic mass is 16.5. The molecule has 1 aliphatic heterocycles. The number of ether oxygens (including phenoxy) is 1. The van der Waals surface area contributed by atoms with Gasteiger partial charge in [-0.15, -0.1) is 5.10 Å². The van der Waals surface area contributed by atoms with Crippen molar-refractivity contribution in [3.63, 3.8) is 0 Å². The summed E-state index contributed by atoms with van der Waals surface area (Å²) in [7, 11) is 0. The van der Waals surface area contributed by atoms with Crippen LogP contribution in [0.3, 0.4) is 0 Å². The SMILES string of the molecule is CC(N)c1nnnn1C1CCOC1C1CC1. The lowest BCUT2D eigenvalue weighted by molar-refractivity contribution is 0.0713. The van der Waals surface area contributed by atoms with E-state index in [1.807, 2.05) is 11.6 Å². The highest BCUT2D eigenvalue weighted by molar-refractivity contribution is 4.97. The molecule has 0 spiro atoms. The first-order chi connectivity index (χ1) is 7.77. The lowest BCUT2D eigenvalue weighted by Crippen LogP contribution is -2.26. The molecule has 1 saturated carbocycles. The highest BCUT2D eigenvalue weighted by Crippen LogP contribution is 2.43. The Labute approximate surface area is 94.1 Å². The Hall–Kier alpha value is -1.01. The molecule has 1 aliphatic carbocycles. The third-order valence-electron chi connectivity index (χ3n) is 3.43. The lowest BCUT2D eigenvalue weighted by Gasteiger charge is -2.19. The van der Waals surface area contributed by atoms with Gasteiger partial charge in [0.1, 0.15) is 0 Å². The number of tetrazole rings is 1. The van der Waals surface area contributed by atoms with Crippen LogP contribution in [-0.2, 0) is 4.74 Å². The fourth-order valence-electron chi connectivity index (χ4n) is 2.47. The Bertz CT molecular complexity index is 373. The summed E-state index contributed by atoms with van der Waals surface area (Å²) in [5.74, 6) is 1.47. The highest BCUT2D eigenvalue weighted by Gasteiger charge is 2.42. The quantitative estimate of drug-likeness (QED) is 0.804. The third-order valence-corrected chi connectivity index (χ3v) is 3.43. The normalized spacial score (nSPS) is 31.9. The van der Waals surface area contributed by atoms with E-state index in [-0.39, 0.29) is 12.1 Å². The van der Waals surface area contributed by atoms with E-state index >= 15 is 0 Å². The molecular weight excluding hydrogens is 206 g/mol. The van der Waals surface area contributed by atoms with Crippen LogP contribution in [0, 0.1) is 5.92 Å². The van der Waals surface area contributed by atoms with Crippen molar-refractivity contribution in [3.8, 4) is 0 Å². The molecule has 3 rings (SSSR count). The van der Waals surface area contributed by atoms with Crippen LogP contribution in [0.5, 0.6) is 0 Å². The lowest BCUT2D eigenvalue weighted by atomic mass is 10.1. The van der Waals surface area contributed by atoms with Crippen LogP contribution >= 0.6 is 0 Å². The minimum atomic E-state index is -0.129. The van der Waals surface area contributed by atoms with Crippen molar-refractivity contribution in [2.45, 2.75) is 44.4 Å². The zero-order valence-corrected chi connectivity index (χ0v) is 9.41. The zero-order valence-electron chi connectivity index (χ0n) is 9.41. The first-order valence-corrected chi connectivity index (χ1v) is 5.92. The number of rotatable bonds is 3. The van der Waals surface area contributed by atoms with Crippen LogP contribution in [0.2, 0.25) is 0 Å². The van der Waals surface area contributed by atoms with Gasteiger partial charge in [0.05, 0.1) is 18.2 Å². The molecule has 0 bridgehead atoms. The van der Waals surface area contributed by atoms with E-state index in [2.05, 4.69) is 15.5 Å². The Kier molecular flexibility index (Phi) is 2.40. The van der Waals surface area contributed by atoms with Gasteiger partial charge in [0.2, 0.25) is 0 Å². The maximum atomic E-state index is 5.86. The van der Waals surface area contributed by atoms with Crippen LogP contribution in [0.15, 0.2) is 0 Å². The Morgan fingerprint density at radius 1 is 1.44 bits per heavy atom. The van der Waals surface area contributed by atoms with Crippen molar-refractivity contribution in [3.05, 3.63) is 5.82 Å². The largest absolute Gasteiger partial charge is 0.376 e. The van der Waals surface area contributed by atoms with E-state index in [0.717, 1.165) is 18.9 Å². The molecule has 2 heterocycles. The van der Waals surface area contributed by atoms with Crippen LogP contribution in [0.25, 0.3) is 0 Å². The van der Waals surface area contributed by atoms with Crippen molar-refractivity contribution < 1.29 is 4.74 Å². The second-order valence-electron chi connectivity index (χ2n) is 4.80. The molecule has 2 N–H and O–H groups in total. The summed E-state index contributed by atoms with van der Waals surface area (Å²) in [5, 5.41) is 11.8. The van der Waals surface area contributed by atoms with Gasteiger partial charge in [0, 0.05) is 6.61 Å². The van der Waals surface area contributed by atoms with Gasteiger partial charge in [-0.2, -0.15) is 0 Å². The average molecular weight is 223 g/mol. The molecule has 6 heteroatoms. The number of hydrogen-bond donors (Lipinski definition) is 1. The van der Waals surface area contributed by atoms with E-state index < -0.39 is 0 Å². The molecule has 1 aromatic rings. The van der Waals surface area contributed by atoms with Gasteiger partial charge in [-0.25, -0.2) is 4.68 Å². The van der Waals surface area contributed by atoms with Crippen molar-refractivity contribution in [2.24, 2.45) is 11.7 Å². The zero-order chi connectivity index (χ0) is 11.1. The van der Waals surface area contributed by atoms with Crippen molar-refractivity contribution in [1.29, 1.82) is 0 Å². The molecule has 3 unspecified atom stereocenters. The molecule has 16 heavy (non-hydrogen) atoms. The average Bonchev–Trinajstić information content (AvgIpc) is 2.82. The topological polar surface area (TPSA) is 78.9 Å². The van der Waals surface area contributed by atoms with Crippen molar-refractivity contribution in [2.75, 3.05) is 6.61 Å². The van der Waals surface area contributed by atoms with Crippen LogP contribution in [0.1, 0.15) is 44.1 Å². The molecule has 1 aromatic heterocycles. The number of hydrogen-bond acceptors (Lipinski definition) is 5. The summed E-state index contributed by atoms with van der Waals surface area (Å²) in [6.45, 7) is 2.72. The Morgan fingerprint density at radius 2 is 2.25 bits per heavy atom. The maximum Gasteiger partial charge on any atom is 0.168 e.